The fraction of sp³-hybridized carbons (Fsp3) is 0.455. The number of fused-ring (bicyclic) bond motifs is 1. The fourth-order valence-electron chi connectivity index (χ4n) is 1.80. The quantitative estimate of drug-likeness (QED) is 0.720. The topological polar surface area (TPSA) is 32.3 Å². The molecular formula is C11H15NO. The molecule has 1 aliphatic rings. The second-order valence-corrected chi connectivity index (χ2v) is 3.77. The largest absolute Gasteiger partial charge is 0.396 e. The lowest BCUT2D eigenvalue weighted by Crippen LogP contribution is -2.26. The molecule has 0 saturated heterocycles. The Labute approximate surface area is 78.6 Å². The number of aliphatic hydroxyl groups excluding tert-OH is 1. The van der Waals surface area contributed by atoms with Crippen molar-refractivity contribution < 1.29 is 5.11 Å². The molecule has 0 aliphatic carbocycles. The second kappa shape index (κ2) is 3.38. The Kier molecular flexibility index (Phi) is 2.23. The number of hydrogen-bond acceptors (Lipinski definition) is 2. The lowest BCUT2D eigenvalue weighted by atomic mass is 10.00. The van der Waals surface area contributed by atoms with E-state index in [4.69, 9.17) is 5.11 Å². The van der Waals surface area contributed by atoms with Crippen molar-refractivity contribution in [3.05, 3.63) is 29.8 Å². The molecule has 0 radical (unpaired) electrons. The average Bonchev–Trinajstić information content (AvgIpc) is 2.59. The van der Waals surface area contributed by atoms with Crippen LogP contribution in [0.3, 0.4) is 0 Å². The molecule has 2 atom stereocenters. The second-order valence-electron chi connectivity index (χ2n) is 3.77. The van der Waals surface area contributed by atoms with Crippen molar-refractivity contribution in [2.24, 2.45) is 5.92 Å². The maximum atomic E-state index is 9.03. The fourth-order valence-corrected chi connectivity index (χ4v) is 1.80. The molecule has 2 N–H and O–H groups in total. The van der Waals surface area contributed by atoms with E-state index >= 15 is 0 Å². The van der Waals surface area contributed by atoms with E-state index in [-0.39, 0.29) is 6.61 Å². The zero-order chi connectivity index (χ0) is 9.26. The number of rotatable bonds is 2. The number of para-hydroxylation sites is 1. The summed E-state index contributed by atoms with van der Waals surface area (Å²) in [6.07, 6.45) is 1.04. The molecule has 13 heavy (non-hydrogen) atoms. The van der Waals surface area contributed by atoms with Gasteiger partial charge in [-0.15, -0.1) is 0 Å². The van der Waals surface area contributed by atoms with Crippen molar-refractivity contribution in [1.82, 2.24) is 0 Å². The first kappa shape index (κ1) is 8.57. The Balaban J connectivity index is 2.14. The Morgan fingerprint density at radius 1 is 1.54 bits per heavy atom. The number of nitrogens with one attached hydrogen (secondary N) is 1. The summed E-state index contributed by atoms with van der Waals surface area (Å²) in [7, 11) is 0. The van der Waals surface area contributed by atoms with Crippen molar-refractivity contribution >= 4 is 5.69 Å². The normalized spacial score (nSPS) is 22.2. The van der Waals surface area contributed by atoms with Gasteiger partial charge in [-0.3, -0.25) is 0 Å². The van der Waals surface area contributed by atoms with Crippen molar-refractivity contribution in [3.8, 4) is 0 Å². The molecule has 1 aromatic rings. The van der Waals surface area contributed by atoms with Gasteiger partial charge in [-0.25, -0.2) is 0 Å². The highest BCUT2D eigenvalue weighted by molar-refractivity contribution is 5.56. The van der Waals surface area contributed by atoms with Gasteiger partial charge in [0.1, 0.15) is 0 Å². The molecule has 2 unspecified atom stereocenters. The summed E-state index contributed by atoms with van der Waals surface area (Å²) >= 11 is 0. The highest BCUT2D eigenvalue weighted by Crippen LogP contribution is 2.28. The maximum Gasteiger partial charge on any atom is 0.0476 e. The lowest BCUT2D eigenvalue weighted by molar-refractivity contribution is 0.223. The van der Waals surface area contributed by atoms with Crippen molar-refractivity contribution in [3.63, 3.8) is 0 Å². The van der Waals surface area contributed by atoms with Crippen LogP contribution in [0.2, 0.25) is 0 Å². The van der Waals surface area contributed by atoms with Crippen LogP contribution in [-0.2, 0) is 6.42 Å². The Bertz CT molecular complexity index is 273. The van der Waals surface area contributed by atoms with Crippen LogP contribution in [0.5, 0.6) is 0 Å². The summed E-state index contributed by atoms with van der Waals surface area (Å²) in [5.41, 5.74) is 2.60. The maximum absolute atomic E-state index is 9.03. The Hall–Kier alpha value is -1.02. The molecule has 0 aromatic heterocycles. The summed E-state index contributed by atoms with van der Waals surface area (Å²) in [4.78, 5) is 0. The highest BCUT2D eigenvalue weighted by Gasteiger charge is 2.24. The van der Waals surface area contributed by atoms with Gasteiger partial charge in [-0.2, -0.15) is 0 Å². The van der Waals surface area contributed by atoms with E-state index in [1.165, 1.54) is 11.3 Å². The molecule has 2 nitrogen and oxygen atoms in total. The average molecular weight is 177 g/mol. The molecule has 70 valence electrons. The SMILES string of the molecule is CC(CO)C1Cc2ccccc2N1. The van der Waals surface area contributed by atoms with E-state index in [0.29, 0.717) is 12.0 Å². The van der Waals surface area contributed by atoms with Gasteiger partial charge in [-0.1, -0.05) is 25.1 Å². The number of hydrogen-bond donors (Lipinski definition) is 2. The number of benzene rings is 1. The van der Waals surface area contributed by atoms with Crippen LogP contribution in [-0.4, -0.2) is 17.8 Å². The summed E-state index contributed by atoms with van der Waals surface area (Å²) < 4.78 is 0. The van der Waals surface area contributed by atoms with Gasteiger partial charge >= 0.3 is 0 Å². The molecule has 0 saturated carbocycles. The molecule has 0 spiro atoms. The van der Waals surface area contributed by atoms with Crippen LogP contribution in [0.1, 0.15) is 12.5 Å². The molecule has 0 fully saturated rings. The summed E-state index contributed by atoms with van der Waals surface area (Å²) in [6, 6.07) is 8.75. The predicted octanol–water partition coefficient (Wildman–Crippen LogP) is 1.65. The molecule has 2 heteroatoms. The van der Waals surface area contributed by atoms with Gasteiger partial charge < -0.3 is 10.4 Å². The standard InChI is InChI=1S/C11H15NO/c1-8(7-13)11-6-9-4-2-3-5-10(9)12-11/h2-5,8,11-13H,6-7H2,1H3. The third kappa shape index (κ3) is 1.54. The summed E-state index contributed by atoms with van der Waals surface area (Å²) in [6.45, 7) is 2.33. The molecule has 1 aliphatic heterocycles. The van der Waals surface area contributed by atoms with Crippen molar-refractivity contribution in [2.45, 2.75) is 19.4 Å². The number of aliphatic hydroxyl groups is 1. The van der Waals surface area contributed by atoms with Crippen LogP contribution < -0.4 is 5.32 Å². The minimum absolute atomic E-state index is 0.256. The van der Waals surface area contributed by atoms with E-state index < -0.39 is 0 Å². The van der Waals surface area contributed by atoms with Crippen molar-refractivity contribution in [2.75, 3.05) is 11.9 Å². The zero-order valence-corrected chi connectivity index (χ0v) is 7.83. The zero-order valence-electron chi connectivity index (χ0n) is 7.83. The van der Waals surface area contributed by atoms with E-state index in [2.05, 4.69) is 30.4 Å². The molecule has 2 rings (SSSR count). The van der Waals surface area contributed by atoms with Gasteiger partial charge in [0.25, 0.3) is 0 Å². The van der Waals surface area contributed by atoms with Gasteiger partial charge in [0.05, 0.1) is 0 Å². The molecular weight excluding hydrogens is 162 g/mol. The molecule has 0 bridgehead atoms. The molecule has 1 aromatic carbocycles. The van der Waals surface area contributed by atoms with Gasteiger partial charge in [-0.05, 0) is 24.0 Å². The first-order chi connectivity index (χ1) is 6.31. The van der Waals surface area contributed by atoms with Gasteiger partial charge in [0, 0.05) is 18.3 Å². The van der Waals surface area contributed by atoms with Crippen LogP contribution in [0, 0.1) is 5.92 Å². The Morgan fingerprint density at radius 2 is 2.31 bits per heavy atom. The summed E-state index contributed by atoms with van der Waals surface area (Å²) in [5, 5.41) is 12.5. The van der Waals surface area contributed by atoms with Crippen LogP contribution in [0.15, 0.2) is 24.3 Å². The van der Waals surface area contributed by atoms with E-state index in [1.54, 1.807) is 0 Å². The highest BCUT2D eigenvalue weighted by atomic mass is 16.3. The minimum atomic E-state index is 0.256. The van der Waals surface area contributed by atoms with E-state index in [1.807, 2.05) is 6.07 Å². The third-order valence-corrected chi connectivity index (χ3v) is 2.77. The van der Waals surface area contributed by atoms with Gasteiger partial charge in [0.15, 0.2) is 0 Å². The van der Waals surface area contributed by atoms with Gasteiger partial charge in [0.2, 0.25) is 0 Å². The summed E-state index contributed by atoms with van der Waals surface area (Å²) in [5.74, 6) is 0.326. The lowest BCUT2D eigenvalue weighted by Gasteiger charge is -2.17. The van der Waals surface area contributed by atoms with E-state index in [0.717, 1.165) is 6.42 Å². The van der Waals surface area contributed by atoms with Crippen LogP contribution >= 0.6 is 0 Å². The first-order valence-electron chi connectivity index (χ1n) is 4.76. The minimum Gasteiger partial charge on any atom is -0.396 e. The third-order valence-electron chi connectivity index (χ3n) is 2.77. The number of anilines is 1. The molecule has 1 heterocycles. The predicted molar refractivity (Wildman–Crippen MR) is 53.8 cm³/mol. The Morgan fingerprint density at radius 3 is 3.00 bits per heavy atom. The first-order valence-corrected chi connectivity index (χ1v) is 4.76. The smallest absolute Gasteiger partial charge is 0.0476 e. The van der Waals surface area contributed by atoms with E-state index in [9.17, 15) is 0 Å². The van der Waals surface area contributed by atoms with Crippen LogP contribution in [0.4, 0.5) is 5.69 Å². The van der Waals surface area contributed by atoms with Crippen molar-refractivity contribution in [1.29, 1.82) is 0 Å². The molecule has 0 amide bonds. The van der Waals surface area contributed by atoms with Crippen LogP contribution in [0.25, 0.3) is 0 Å². The monoisotopic (exact) mass is 177 g/mol.